The molecule has 0 radical (unpaired) electrons. The van der Waals surface area contributed by atoms with Crippen molar-refractivity contribution in [3.63, 3.8) is 0 Å². The van der Waals surface area contributed by atoms with Crippen LogP contribution in [0.1, 0.15) is 18.2 Å². The minimum Gasteiger partial charge on any atom is -0.295 e. The van der Waals surface area contributed by atoms with E-state index < -0.39 is 0 Å². The van der Waals surface area contributed by atoms with Gasteiger partial charge in [-0.25, -0.2) is 4.68 Å². The van der Waals surface area contributed by atoms with Gasteiger partial charge < -0.3 is 0 Å². The standard InChI is InChI=1S/C23H19ClN4O2/c1-15-20(22(29)27(25-15)18-9-5-3-6-10-18)13-17(24)14-21-16(2)26-28(23(21)30)19-11-7-4-8-12-19/h3-14,25H,1-2H3. The van der Waals surface area contributed by atoms with Crippen LogP contribution in [0.2, 0.25) is 0 Å². The number of halogens is 1. The molecule has 0 unspecified atom stereocenters. The number of para-hydroxylation sites is 2. The molecule has 150 valence electrons. The van der Waals surface area contributed by atoms with E-state index in [0.29, 0.717) is 28.2 Å². The summed E-state index contributed by atoms with van der Waals surface area (Å²) in [6.07, 6.45) is 3.11. The molecular formula is C23H19ClN4O2. The average Bonchev–Trinajstić information content (AvgIpc) is 3.20. The van der Waals surface area contributed by atoms with Crippen molar-refractivity contribution in [1.82, 2.24) is 9.78 Å². The summed E-state index contributed by atoms with van der Waals surface area (Å²) in [5, 5.41) is 9.00. The Kier molecular flexibility index (Phi) is 5.25. The van der Waals surface area contributed by atoms with E-state index in [-0.39, 0.29) is 16.5 Å². The molecule has 1 aromatic heterocycles. The topological polar surface area (TPSA) is 70.5 Å². The Hall–Kier alpha value is -3.64. The number of rotatable bonds is 4. The maximum absolute atomic E-state index is 12.8. The fraction of sp³-hybridized carbons (Fsp3) is 0.0870. The molecular weight excluding hydrogens is 400 g/mol. The van der Waals surface area contributed by atoms with Gasteiger partial charge in [-0.3, -0.25) is 14.7 Å². The molecule has 3 aromatic rings. The van der Waals surface area contributed by atoms with E-state index in [1.807, 2.05) is 60.7 Å². The summed E-state index contributed by atoms with van der Waals surface area (Å²) >= 11 is 6.42. The van der Waals surface area contributed by atoms with E-state index in [0.717, 1.165) is 5.69 Å². The molecule has 0 saturated carbocycles. The molecule has 1 amide bonds. The number of aromatic nitrogens is 2. The molecule has 1 aliphatic rings. The lowest BCUT2D eigenvalue weighted by molar-refractivity contribution is -0.114. The number of allylic oxidation sites excluding steroid dienone is 2. The first-order valence-corrected chi connectivity index (χ1v) is 9.74. The summed E-state index contributed by atoms with van der Waals surface area (Å²) < 4.78 is 1.46. The van der Waals surface area contributed by atoms with Crippen LogP contribution in [0.4, 0.5) is 5.69 Å². The molecule has 0 bridgehead atoms. The lowest BCUT2D eigenvalue weighted by Crippen LogP contribution is -2.21. The van der Waals surface area contributed by atoms with Crippen molar-refractivity contribution in [2.45, 2.75) is 13.8 Å². The van der Waals surface area contributed by atoms with E-state index in [1.54, 1.807) is 26.0 Å². The predicted octanol–water partition coefficient (Wildman–Crippen LogP) is 4.40. The number of aromatic amines is 1. The van der Waals surface area contributed by atoms with Gasteiger partial charge in [0.1, 0.15) is 0 Å². The second-order valence-electron chi connectivity index (χ2n) is 6.85. The van der Waals surface area contributed by atoms with Crippen molar-refractivity contribution in [1.29, 1.82) is 0 Å². The maximum atomic E-state index is 12.8. The number of amides is 1. The van der Waals surface area contributed by atoms with Crippen molar-refractivity contribution in [3.8, 4) is 5.69 Å². The van der Waals surface area contributed by atoms with Gasteiger partial charge in [0.25, 0.3) is 11.5 Å². The molecule has 6 nitrogen and oxygen atoms in total. The van der Waals surface area contributed by atoms with E-state index in [2.05, 4.69) is 10.2 Å². The number of aryl methyl sites for hydroxylation is 1. The first-order valence-electron chi connectivity index (χ1n) is 9.36. The largest absolute Gasteiger partial charge is 0.295 e. The van der Waals surface area contributed by atoms with Gasteiger partial charge in [0, 0.05) is 10.7 Å². The molecule has 0 aliphatic carbocycles. The molecule has 0 fully saturated rings. The lowest BCUT2D eigenvalue weighted by Gasteiger charge is -2.10. The number of carbonyl (C=O) groups excluding carboxylic acids is 1. The van der Waals surface area contributed by atoms with Crippen molar-refractivity contribution in [2.75, 3.05) is 5.01 Å². The molecule has 0 saturated heterocycles. The second kappa shape index (κ2) is 8.00. The van der Waals surface area contributed by atoms with Crippen LogP contribution < -0.4 is 10.6 Å². The molecule has 4 rings (SSSR count). The predicted molar refractivity (Wildman–Crippen MR) is 120 cm³/mol. The van der Waals surface area contributed by atoms with Crippen molar-refractivity contribution in [2.24, 2.45) is 5.10 Å². The van der Waals surface area contributed by atoms with Gasteiger partial charge >= 0.3 is 0 Å². The number of nitrogens with zero attached hydrogens (tertiary/aromatic N) is 3. The Morgan fingerprint density at radius 3 is 2.20 bits per heavy atom. The molecule has 1 aliphatic heterocycles. The Bertz CT molecular complexity index is 1250. The number of benzene rings is 2. The zero-order valence-corrected chi connectivity index (χ0v) is 17.2. The summed E-state index contributed by atoms with van der Waals surface area (Å²) in [6, 6.07) is 18.5. The molecule has 1 N–H and O–H groups in total. The summed E-state index contributed by atoms with van der Waals surface area (Å²) in [4.78, 5) is 25.7. The minimum absolute atomic E-state index is 0.218. The maximum Gasteiger partial charge on any atom is 0.280 e. The minimum atomic E-state index is -0.266. The highest BCUT2D eigenvalue weighted by atomic mass is 35.5. The molecule has 7 heteroatoms. The van der Waals surface area contributed by atoms with Gasteiger partial charge in [0.05, 0.1) is 28.2 Å². The number of H-pyrrole nitrogens is 1. The van der Waals surface area contributed by atoms with Gasteiger partial charge in [-0.05, 0) is 50.3 Å². The zero-order chi connectivity index (χ0) is 21.3. The van der Waals surface area contributed by atoms with Crippen LogP contribution in [0.15, 0.2) is 87.2 Å². The second-order valence-corrected chi connectivity index (χ2v) is 7.29. The molecule has 0 spiro atoms. The number of hydrazone groups is 1. The van der Waals surface area contributed by atoms with Crippen LogP contribution >= 0.6 is 11.6 Å². The van der Waals surface area contributed by atoms with Gasteiger partial charge in [-0.2, -0.15) is 10.1 Å². The highest BCUT2D eigenvalue weighted by Gasteiger charge is 2.28. The molecule has 0 atom stereocenters. The highest BCUT2D eigenvalue weighted by Crippen LogP contribution is 2.25. The van der Waals surface area contributed by atoms with Gasteiger partial charge in [0.2, 0.25) is 0 Å². The van der Waals surface area contributed by atoms with E-state index >= 15 is 0 Å². The van der Waals surface area contributed by atoms with Crippen LogP contribution in [0.25, 0.3) is 11.8 Å². The summed E-state index contributed by atoms with van der Waals surface area (Å²) in [5.41, 5.74) is 3.24. The van der Waals surface area contributed by atoms with Crippen LogP contribution in [-0.2, 0) is 4.79 Å². The fourth-order valence-electron chi connectivity index (χ4n) is 3.23. The number of hydrogen-bond acceptors (Lipinski definition) is 3. The number of anilines is 1. The number of hydrogen-bond donors (Lipinski definition) is 1. The Labute approximate surface area is 178 Å². The first-order chi connectivity index (χ1) is 14.5. The van der Waals surface area contributed by atoms with Gasteiger partial charge in [-0.1, -0.05) is 48.0 Å². The molecule has 2 aromatic carbocycles. The normalized spacial score (nSPS) is 15.8. The first kappa shape index (κ1) is 19.7. The van der Waals surface area contributed by atoms with Crippen LogP contribution in [0.5, 0.6) is 0 Å². The van der Waals surface area contributed by atoms with Crippen molar-refractivity contribution < 1.29 is 4.79 Å². The van der Waals surface area contributed by atoms with E-state index in [1.165, 1.54) is 9.69 Å². The summed E-state index contributed by atoms with van der Waals surface area (Å²) in [7, 11) is 0. The van der Waals surface area contributed by atoms with Gasteiger partial charge in [0.15, 0.2) is 0 Å². The van der Waals surface area contributed by atoms with Crippen LogP contribution in [-0.4, -0.2) is 21.4 Å². The molecule has 30 heavy (non-hydrogen) atoms. The number of carbonyl (C=O) groups is 1. The number of nitrogens with one attached hydrogen (secondary N) is 1. The Balaban J connectivity index is 1.66. The monoisotopic (exact) mass is 418 g/mol. The van der Waals surface area contributed by atoms with E-state index in [4.69, 9.17) is 11.6 Å². The lowest BCUT2D eigenvalue weighted by atomic mass is 10.1. The SMILES string of the molecule is CC1=NN(c2ccccc2)C(=O)C1=CC(Cl)=Cc1c(C)[nH]n(-c2ccccc2)c1=O. The van der Waals surface area contributed by atoms with Crippen LogP contribution in [0.3, 0.4) is 0 Å². The van der Waals surface area contributed by atoms with Crippen molar-refractivity contribution >= 4 is 35.0 Å². The zero-order valence-electron chi connectivity index (χ0n) is 16.5. The highest BCUT2D eigenvalue weighted by molar-refractivity contribution is 6.36. The van der Waals surface area contributed by atoms with Crippen LogP contribution in [0, 0.1) is 6.92 Å². The third-order valence-corrected chi connectivity index (χ3v) is 4.98. The fourth-order valence-corrected chi connectivity index (χ4v) is 3.45. The van der Waals surface area contributed by atoms with Gasteiger partial charge in [-0.15, -0.1) is 0 Å². The van der Waals surface area contributed by atoms with E-state index in [9.17, 15) is 9.59 Å². The summed E-state index contributed by atoms with van der Waals surface area (Å²) in [6.45, 7) is 3.55. The third-order valence-electron chi connectivity index (χ3n) is 4.76. The Morgan fingerprint density at radius 1 is 0.967 bits per heavy atom. The third kappa shape index (κ3) is 3.65. The Morgan fingerprint density at radius 2 is 1.57 bits per heavy atom. The smallest absolute Gasteiger partial charge is 0.280 e. The van der Waals surface area contributed by atoms with Crippen molar-refractivity contribution in [3.05, 3.63) is 99.0 Å². The molecule has 2 heterocycles. The average molecular weight is 419 g/mol. The summed E-state index contributed by atoms with van der Waals surface area (Å²) in [5.74, 6) is -0.266. The quantitative estimate of drug-likeness (QED) is 0.638.